The lowest BCUT2D eigenvalue weighted by molar-refractivity contribution is -0.0390. The van der Waals surface area contributed by atoms with Gasteiger partial charge >= 0.3 is 0 Å². The van der Waals surface area contributed by atoms with Gasteiger partial charge in [0, 0.05) is 18.9 Å². The van der Waals surface area contributed by atoms with E-state index in [0.717, 1.165) is 42.9 Å². The monoisotopic (exact) mass is 495 g/mol. The normalized spacial score (nSPS) is 15.1. The number of anilines is 1. The molecule has 0 spiro atoms. The van der Waals surface area contributed by atoms with Crippen LogP contribution >= 0.6 is 24.0 Å². The van der Waals surface area contributed by atoms with Crippen molar-refractivity contribution in [1.29, 1.82) is 0 Å². The maximum absolute atomic E-state index is 6.04. The third-order valence-corrected chi connectivity index (χ3v) is 4.86. The first-order valence-corrected chi connectivity index (χ1v) is 9.51. The molecule has 1 fully saturated rings. The van der Waals surface area contributed by atoms with Gasteiger partial charge in [0.05, 0.1) is 19.3 Å². The molecule has 2 aromatic rings. The number of aryl methyl sites for hydroxylation is 2. The van der Waals surface area contributed by atoms with Gasteiger partial charge in [-0.3, -0.25) is 0 Å². The number of guanidine groups is 1. The van der Waals surface area contributed by atoms with Gasteiger partial charge in [-0.1, -0.05) is 30.3 Å². The molecule has 1 aliphatic rings. The summed E-state index contributed by atoms with van der Waals surface area (Å²) in [5, 5.41) is 3.15. The lowest BCUT2D eigenvalue weighted by atomic mass is 10.1. The number of ether oxygens (including phenoxy) is 2. The van der Waals surface area contributed by atoms with Gasteiger partial charge in [-0.2, -0.15) is 0 Å². The summed E-state index contributed by atoms with van der Waals surface area (Å²) >= 11 is 0. The molecule has 3 rings (SSSR count). The molecule has 1 saturated heterocycles. The second kappa shape index (κ2) is 11.4. The Hall–Kier alpha value is -1.64. The maximum atomic E-state index is 6.04. The van der Waals surface area contributed by atoms with E-state index in [-0.39, 0.29) is 24.0 Å². The summed E-state index contributed by atoms with van der Waals surface area (Å²) in [6.07, 6.45) is 2.26. The number of hydrogen-bond acceptors (Lipinski definition) is 3. The van der Waals surface area contributed by atoms with Gasteiger partial charge in [-0.25, -0.2) is 4.99 Å². The van der Waals surface area contributed by atoms with E-state index in [1.807, 2.05) is 12.1 Å². The zero-order valence-electron chi connectivity index (χ0n) is 16.6. The number of benzene rings is 2. The van der Waals surface area contributed by atoms with E-state index in [0.29, 0.717) is 25.2 Å². The van der Waals surface area contributed by atoms with Crippen LogP contribution < -0.4 is 11.1 Å². The standard InChI is InChI=1S/C22H29N3O2.HI/c1-16-6-7-20(12-17(16)2)25-22(23)24-14-18-4-3-5-19(13-18)15-27-21-8-10-26-11-9-21;/h3-7,12-13,21H,8-11,14-15H2,1-2H3,(H3,23,24,25);1H. The third-order valence-electron chi connectivity index (χ3n) is 4.86. The highest BCUT2D eigenvalue weighted by Gasteiger charge is 2.13. The molecular formula is C22H30IN3O2. The Kier molecular flexibility index (Phi) is 9.21. The van der Waals surface area contributed by atoms with E-state index in [1.165, 1.54) is 11.1 Å². The van der Waals surface area contributed by atoms with E-state index in [1.54, 1.807) is 0 Å². The van der Waals surface area contributed by atoms with Crippen molar-refractivity contribution >= 4 is 35.6 Å². The molecular weight excluding hydrogens is 465 g/mol. The molecule has 28 heavy (non-hydrogen) atoms. The van der Waals surface area contributed by atoms with Gasteiger partial charge in [0.1, 0.15) is 0 Å². The van der Waals surface area contributed by atoms with Gasteiger partial charge < -0.3 is 20.5 Å². The van der Waals surface area contributed by atoms with Crippen LogP contribution in [0.1, 0.15) is 35.1 Å². The van der Waals surface area contributed by atoms with Crippen molar-refractivity contribution in [2.24, 2.45) is 10.7 Å². The van der Waals surface area contributed by atoms with Crippen LogP contribution in [-0.4, -0.2) is 25.3 Å². The van der Waals surface area contributed by atoms with Crippen LogP contribution in [0.4, 0.5) is 5.69 Å². The highest BCUT2D eigenvalue weighted by molar-refractivity contribution is 14.0. The fourth-order valence-corrected chi connectivity index (χ4v) is 3.06. The maximum Gasteiger partial charge on any atom is 0.193 e. The summed E-state index contributed by atoms with van der Waals surface area (Å²) in [5.74, 6) is 0.419. The molecule has 0 saturated carbocycles. The predicted octanol–water partition coefficient (Wildman–Crippen LogP) is 4.54. The molecule has 0 bridgehead atoms. The minimum Gasteiger partial charge on any atom is -0.381 e. The van der Waals surface area contributed by atoms with Crippen molar-refractivity contribution in [3.8, 4) is 0 Å². The van der Waals surface area contributed by atoms with Crippen LogP contribution in [0.3, 0.4) is 0 Å². The minimum atomic E-state index is 0. The minimum absolute atomic E-state index is 0. The zero-order chi connectivity index (χ0) is 19.1. The van der Waals surface area contributed by atoms with Crippen molar-refractivity contribution in [2.75, 3.05) is 18.5 Å². The van der Waals surface area contributed by atoms with Crippen LogP contribution in [0.2, 0.25) is 0 Å². The smallest absolute Gasteiger partial charge is 0.193 e. The number of halogens is 1. The molecule has 5 nitrogen and oxygen atoms in total. The third kappa shape index (κ3) is 7.07. The average Bonchev–Trinajstić information content (AvgIpc) is 2.69. The Morgan fingerprint density at radius 2 is 1.86 bits per heavy atom. The Balaban J connectivity index is 0.00000280. The van der Waals surface area contributed by atoms with Crippen molar-refractivity contribution in [3.63, 3.8) is 0 Å². The van der Waals surface area contributed by atoms with Crippen molar-refractivity contribution in [3.05, 3.63) is 64.7 Å². The quantitative estimate of drug-likeness (QED) is 0.351. The van der Waals surface area contributed by atoms with Gasteiger partial charge in [0.25, 0.3) is 0 Å². The molecule has 1 heterocycles. The number of rotatable bonds is 6. The Morgan fingerprint density at radius 1 is 1.11 bits per heavy atom. The molecule has 3 N–H and O–H groups in total. The van der Waals surface area contributed by atoms with Crippen LogP contribution in [0.25, 0.3) is 0 Å². The first kappa shape index (κ1) is 22.6. The Morgan fingerprint density at radius 3 is 2.61 bits per heavy atom. The summed E-state index contributed by atoms with van der Waals surface area (Å²) < 4.78 is 11.4. The average molecular weight is 495 g/mol. The number of nitrogens with one attached hydrogen (secondary N) is 1. The van der Waals surface area contributed by atoms with Crippen LogP contribution in [0.15, 0.2) is 47.5 Å². The molecule has 2 aromatic carbocycles. The molecule has 0 aliphatic carbocycles. The van der Waals surface area contributed by atoms with Crippen molar-refractivity contribution in [1.82, 2.24) is 0 Å². The zero-order valence-corrected chi connectivity index (χ0v) is 18.9. The van der Waals surface area contributed by atoms with Crippen LogP contribution in [0.5, 0.6) is 0 Å². The summed E-state index contributed by atoms with van der Waals surface area (Å²) in [7, 11) is 0. The van der Waals surface area contributed by atoms with E-state index in [2.05, 4.69) is 54.5 Å². The second-order valence-corrected chi connectivity index (χ2v) is 7.07. The van der Waals surface area contributed by atoms with E-state index < -0.39 is 0 Å². The highest BCUT2D eigenvalue weighted by atomic mass is 127. The predicted molar refractivity (Wildman–Crippen MR) is 125 cm³/mol. The summed E-state index contributed by atoms with van der Waals surface area (Å²) in [6, 6.07) is 14.5. The SMILES string of the molecule is Cc1ccc(NC(N)=NCc2cccc(COC3CCOCC3)c2)cc1C.I. The Labute approximate surface area is 184 Å². The van der Waals surface area contributed by atoms with Crippen molar-refractivity contribution in [2.45, 2.75) is 45.9 Å². The number of aliphatic imine (C=N–C) groups is 1. The second-order valence-electron chi connectivity index (χ2n) is 7.07. The van der Waals surface area contributed by atoms with Gasteiger partial charge in [0.15, 0.2) is 5.96 Å². The van der Waals surface area contributed by atoms with Gasteiger partial charge in [-0.15, -0.1) is 24.0 Å². The number of nitrogens with two attached hydrogens (primary N) is 1. The van der Waals surface area contributed by atoms with E-state index in [9.17, 15) is 0 Å². The molecule has 0 unspecified atom stereocenters. The molecule has 0 radical (unpaired) electrons. The molecule has 1 aliphatic heterocycles. The molecule has 0 aromatic heterocycles. The summed E-state index contributed by atoms with van der Waals surface area (Å²) in [5.41, 5.74) is 11.8. The van der Waals surface area contributed by atoms with Gasteiger partial charge in [-0.05, 0) is 61.1 Å². The Bertz CT molecular complexity index is 789. The molecule has 152 valence electrons. The first-order valence-electron chi connectivity index (χ1n) is 9.51. The first-order chi connectivity index (χ1) is 13.1. The van der Waals surface area contributed by atoms with E-state index >= 15 is 0 Å². The molecule has 0 atom stereocenters. The topological polar surface area (TPSA) is 68.9 Å². The van der Waals surface area contributed by atoms with Crippen LogP contribution in [0, 0.1) is 13.8 Å². The fourth-order valence-electron chi connectivity index (χ4n) is 3.06. The largest absolute Gasteiger partial charge is 0.381 e. The molecule has 6 heteroatoms. The number of hydrogen-bond donors (Lipinski definition) is 2. The van der Waals surface area contributed by atoms with E-state index in [4.69, 9.17) is 15.2 Å². The fraction of sp³-hybridized carbons (Fsp3) is 0.409. The highest BCUT2D eigenvalue weighted by Crippen LogP contribution is 2.16. The van der Waals surface area contributed by atoms with Gasteiger partial charge in [0.2, 0.25) is 0 Å². The summed E-state index contributed by atoms with van der Waals surface area (Å²) in [6.45, 7) is 6.93. The van der Waals surface area contributed by atoms with Crippen molar-refractivity contribution < 1.29 is 9.47 Å². The number of nitrogens with zero attached hydrogens (tertiary/aromatic N) is 1. The summed E-state index contributed by atoms with van der Waals surface area (Å²) in [4.78, 5) is 4.46. The lowest BCUT2D eigenvalue weighted by Crippen LogP contribution is -2.23. The molecule has 0 amide bonds. The lowest BCUT2D eigenvalue weighted by Gasteiger charge is -2.22. The van der Waals surface area contributed by atoms with Crippen LogP contribution in [-0.2, 0) is 22.6 Å².